The van der Waals surface area contributed by atoms with Gasteiger partial charge in [-0.3, -0.25) is 4.79 Å². The molecule has 3 aromatic rings. The Kier molecular flexibility index (Phi) is 4.35. The summed E-state index contributed by atoms with van der Waals surface area (Å²) in [5.74, 6) is 3.68. The van der Waals surface area contributed by atoms with Crippen LogP contribution in [0.15, 0.2) is 65.6 Å². The maximum atomic E-state index is 13.3. The van der Waals surface area contributed by atoms with Crippen molar-refractivity contribution in [2.45, 2.75) is 11.8 Å². The molecule has 0 heterocycles. The Hall–Kier alpha value is -2.30. The van der Waals surface area contributed by atoms with E-state index in [1.807, 2.05) is 36.4 Å². The Morgan fingerprint density at radius 2 is 1.71 bits per heavy atom. The average molecular weight is 358 g/mol. The smallest absolute Gasteiger partial charge is 0.163 e. The fraction of sp³-hybridized carbons (Fsp3) is 0.0526. The van der Waals surface area contributed by atoms with E-state index in [9.17, 15) is 9.00 Å². The minimum absolute atomic E-state index is 0.198. The first-order chi connectivity index (χ1) is 11.4. The highest BCUT2D eigenvalue weighted by Gasteiger charge is 2.17. The minimum Gasteiger partial charge on any atom is -0.308 e. The molecule has 24 heavy (non-hydrogen) atoms. The molecule has 1 unspecified atom stereocenters. The van der Waals surface area contributed by atoms with Crippen molar-refractivity contribution in [3.8, 4) is 0 Å². The van der Waals surface area contributed by atoms with Gasteiger partial charge in [0.1, 0.15) is 0 Å². The van der Waals surface area contributed by atoms with E-state index in [1.165, 1.54) is 6.92 Å². The molecule has 0 aliphatic rings. The van der Waals surface area contributed by atoms with E-state index in [0.29, 0.717) is 21.2 Å². The zero-order valence-corrected chi connectivity index (χ0v) is 14.7. The maximum Gasteiger partial charge on any atom is 0.163 e. The second-order valence-electron chi connectivity index (χ2n) is 5.47. The summed E-state index contributed by atoms with van der Waals surface area (Å²) in [6.45, 7) is 1.43. The van der Waals surface area contributed by atoms with Crippen molar-refractivity contribution in [3.05, 3.63) is 71.2 Å². The van der Waals surface area contributed by atoms with Gasteiger partial charge in [0.15, 0.2) is 5.78 Å². The lowest BCUT2D eigenvalue weighted by Gasteiger charge is -2.17. The number of carbonyl (C=O) groups is 1. The first-order valence-electron chi connectivity index (χ1n) is 7.32. The van der Waals surface area contributed by atoms with Crippen LogP contribution in [-0.4, -0.2) is 15.9 Å². The molecule has 3 nitrogen and oxygen atoms in total. The number of halogens is 1. The fourth-order valence-electron chi connectivity index (χ4n) is 2.68. The fourth-order valence-corrected chi connectivity index (χ4v) is 4.47. The number of hydrogen-bond acceptors (Lipinski definition) is 2. The lowest BCUT2D eigenvalue weighted by Crippen LogP contribution is -2.15. The number of fused-ring (bicyclic) bond motifs is 1. The Bertz CT molecular complexity index is 1040. The average Bonchev–Trinajstić information content (AvgIpc) is 2.53. The van der Waals surface area contributed by atoms with Gasteiger partial charge in [-0.2, -0.15) is 0 Å². The molecule has 0 bridgehead atoms. The Labute approximate surface area is 146 Å². The number of nitrogens with one attached hydrogen (secondary N) is 1. The number of rotatable bonds is 4. The Morgan fingerprint density at radius 1 is 1.04 bits per heavy atom. The van der Waals surface area contributed by atoms with Crippen LogP contribution >= 0.6 is 11.6 Å². The van der Waals surface area contributed by atoms with Crippen molar-refractivity contribution in [1.29, 1.82) is 0 Å². The molecule has 0 aromatic heterocycles. The third kappa shape index (κ3) is 3.03. The Morgan fingerprint density at radius 3 is 2.46 bits per heavy atom. The predicted octanol–water partition coefficient (Wildman–Crippen LogP) is 4.80. The van der Waals surface area contributed by atoms with Gasteiger partial charge < -0.3 is 4.72 Å². The van der Waals surface area contributed by atoms with Crippen molar-refractivity contribution in [2.24, 2.45) is 0 Å². The van der Waals surface area contributed by atoms with E-state index >= 15 is 0 Å². The van der Waals surface area contributed by atoms with Crippen LogP contribution in [0.1, 0.15) is 17.3 Å². The number of anilines is 1. The lowest BCUT2D eigenvalue weighted by molar-refractivity contribution is 0.101. The van der Waals surface area contributed by atoms with Crippen LogP contribution < -0.4 is 4.72 Å². The molecule has 3 aromatic carbocycles. The molecule has 5 heteroatoms. The molecular weight excluding hydrogens is 342 g/mol. The topological polar surface area (TPSA) is 46.2 Å². The summed E-state index contributed by atoms with van der Waals surface area (Å²) in [4.78, 5) is 12.5. The zero-order valence-electron chi connectivity index (χ0n) is 13.1. The normalized spacial score (nSPS) is 13.4. The van der Waals surface area contributed by atoms with Crippen LogP contribution in [0, 0.1) is 0 Å². The van der Waals surface area contributed by atoms with Crippen molar-refractivity contribution >= 4 is 49.4 Å². The van der Waals surface area contributed by atoms with Crippen LogP contribution in [0.4, 0.5) is 5.69 Å². The number of hydrogen-bond donors (Lipinski definition) is 1. The van der Waals surface area contributed by atoms with E-state index in [-0.39, 0.29) is 5.78 Å². The van der Waals surface area contributed by atoms with Crippen molar-refractivity contribution < 1.29 is 9.00 Å². The lowest BCUT2D eigenvalue weighted by atomic mass is 10.1. The molecule has 1 N–H and O–H groups in total. The van der Waals surface area contributed by atoms with Gasteiger partial charge in [0, 0.05) is 0 Å². The SMILES string of the molecule is C=S(=O)(Nc1cccc(Cl)c1C(C)=O)c1cccc2ccccc12. The van der Waals surface area contributed by atoms with Crippen LogP contribution in [0.25, 0.3) is 10.8 Å². The summed E-state index contributed by atoms with van der Waals surface area (Å²) in [6.07, 6.45) is 0. The van der Waals surface area contributed by atoms with E-state index in [1.54, 1.807) is 24.3 Å². The molecule has 0 aliphatic carbocycles. The molecule has 0 saturated heterocycles. The molecule has 0 radical (unpaired) electrons. The number of ketones is 1. The van der Waals surface area contributed by atoms with Crippen LogP contribution in [-0.2, 0) is 9.71 Å². The molecule has 0 aliphatic heterocycles. The summed E-state index contributed by atoms with van der Waals surface area (Å²) < 4.78 is 16.2. The molecule has 0 spiro atoms. The van der Waals surface area contributed by atoms with Gasteiger partial charge in [-0.05, 0) is 41.8 Å². The number of carbonyl (C=O) groups excluding carboxylic acids is 1. The standard InChI is InChI=1S/C19H16ClNO2S/c1-13(22)19-16(20)10-6-11-17(19)21-24(2,23)18-12-5-8-14-7-3-4-9-15(14)18/h3-12H,2H2,1H3,(H,21,23). The van der Waals surface area contributed by atoms with Gasteiger partial charge in [-0.15, -0.1) is 0 Å². The third-order valence-electron chi connectivity index (χ3n) is 3.75. The van der Waals surface area contributed by atoms with Gasteiger partial charge in [-0.25, -0.2) is 4.21 Å². The molecule has 0 saturated carbocycles. The second-order valence-corrected chi connectivity index (χ2v) is 7.87. The Balaban J connectivity index is 2.13. The zero-order chi connectivity index (χ0) is 17.3. The van der Waals surface area contributed by atoms with Crippen LogP contribution in [0.3, 0.4) is 0 Å². The van der Waals surface area contributed by atoms with Gasteiger partial charge in [-0.1, -0.05) is 54.1 Å². The van der Waals surface area contributed by atoms with Gasteiger partial charge in [0.05, 0.1) is 30.9 Å². The molecule has 3 rings (SSSR count). The minimum atomic E-state index is -2.87. The predicted molar refractivity (Wildman–Crippen MR) is 103 cm³/mol. The van der Waals surface area contributed by atoms with Crippen molar-refractivity contribution in [3.63, 3.8) is 0 Å². The quantitative estimate of drug-likeness (QED) is 0.538. The van der Waals surface area contributed by atoms with E-state index < -0.39 is 9.71 Å². The van der Waals surface area contributed by atoms with Crippen LogP contribution in [0.2, 0.25) is 5.02 Å². The third-order valence-corrected chi connectivity index (χ3v) is 5.68. The highest BCUT2D eigenvalue weighted by atomic mass is 35.5. The summed E-state index contributed by atoms with van der Waals surface area (Å²) in [5.41, 5.74) is 0.735. The van der Waals surface area contributed by atoms with Crippen molar-refractivity contribution in [2.75, 3.05) is 4.72 Å². The summed E-state index contributed by atoms with van der Waals surface area (Å²) in [6, 6.07) is 18.3. The first kappa shape index (κ1) is 16.6. The summed E-state index contributed by atoms with van der Waals surface area (Å²) in [7, 11) is -2.87. The van der Waals surface area contributed by atoms with Gasteiger partial charge in [0.2, 0.25) is 0 Å². The van der Waals surface area contributed by atoms with Crippen molar-refractivity contribution in [1.82, 2.24) is 0 Å². The summed E-state index contributed by atoms with van der Waals surface area (Å²) in [5, 5.41) is 2.16. The molecule has 0 amide bonds. The second kappa shape index (κ2) is 6.30. The molecule has 122 valence electrons. The maximum absolute atomic E-state index is 13.3. The highest BCUT2D eigenvalue weighted by molar-refractivity contribution is 8.01. The van der Waals surface area contributed by atoms with E-state index in [4.69, 9.17) is 11.6 Å². The van der Waals surface area contributed by atoms with Crippen LogP contribution in [0.5, 0.6) is 0 Å². The monoisotopic (exact) mass is 357 g/mol. The first-order valence-corrected chi connectivity index (χ1v) is 9.43. The largest absolute Gasteiger partial charge is 0.308 e. The number of Topliss-reactive ketones (excluding diaryl/α,β-unsaturated/α-hetero) is 1. The van der Waals surface area contributed by atoms with E-state index in [0.717, 1.165) is 10.8 Å². The summed E-state index contributed by atoms with van der Waals surface area (Å²) >= 11 is 6.12. The van der Waals surface area contributed by atoms with Gasteiger partial charge in [0.25, 0.3) is 0 Å². The molecule has 0 fully saturated rings. The van der Waals surface area contributed by atoms with Gasteiger partial charge >= 0.3 is 0 Å². The number of benzene rings is 3. The highest BCUT2D eigenvalue weighted by Crippen LogP contribution is 2.29. The molecule has 1 atom stereocenters. The molecular formula is C19H16ClNO2S. The van der Waals surface area contributed by atoms with E-state index in [2.05, 4.69) is 10.6 Å².